The van der Waals surface area contributed by atoms with E-state index in [0.717, 1.165) is 65.5 Å². The van der Waals surface area contributed by atoms with Gasteiger partial charge in [0.2, 0.25) is 0 Å². The third kappa shape index (κ3) is 3.51. The Hall–Kier alpha value is -3.68. The van der Waals surface area contributed by atoms with E-state index in [4.69, 9.17) is 5.10 Å². The van der Waals surface area contributed by atoms with Crippen LogP contribution in [0.5, 0.6) is 0 Å². The SMILES string of the molecule is CN1CCN(Nc2ccc(-c3ccc4ncc(-c5ccc6[nH]ccc6c5)n4n3)cc2)CC1. The van der Waals surface area contributed by atoms with Crippen molar-refractivity contribution < 1.29 is 0 Å². The number of rotatable bonds is 4. The summed E-state index contributed by atoms with van der Waals surface area (Å²) in [5, 5.41) is 8.37. The van der Waals surface area contributed by atoms with E-state index < -0.39 is 0 Å². The monoisotopic (exact) mass is 423 g/mol. The Bertz CT molecular complexity index is 1370. The predicted octanol–water partition coefficient (Wildman–Crippen LogP) is 4.12. The molecule has 2 N–H and O–H groups in total. The second kappa shape index (κ2) is 7.78. The zero-order valence-electron chi connectivity index (χ0n) is 18.0. The highest BCUT2D eigenvalue weighted by atomic mass is 15.5. The number of aromatic nitrogens is 4. The number of hydrogen-bond donors (Lipinski definition) is 2. The van der Waals surface area contributed by atoms with Gasteiger partial charge in [0.05, 0.1) is 17.6 Å². The molecule has 0 aliphatic carbocycles. The number of hydrogen-bond acceptors (Lipinski definition) is 5. The lowest BCUT2D eigenvalue weighted by atomic mass is 10.1. The molecule has 0 spiro atoms. The number of piperazine rings is 1. The van der Waals surface area contributed by atoms with Crippen LogP contribution >= 0.6 is 0 Å². The molecular formula is C25H25N7. The van der Waals surface area contributed by atoms with Gasteiger partial charge in [-0.2, -0.15) is 5.10 Å². The second-order valence-electron chi connectivity index (χ2n) is 8.39. The molecule has 3 aromatic heterocycles. The maximum Gasteiger partial charge on any atom is 0.154 e. The summed E-state index contributed by atoms with van der Waals surface area (Å²) in [6, 6.07) is 21.0. The third-order valence-electron chi connectivity index (χ3n) is 6.18. The molecule has 1 aliphatic heterocycles. The van der Waals surface area contributed by atoms with Crippen LogP contribution in [0.4, 0.5) is 5.69 Å². The van der Waals surface area contributed by atoms with Gasteiger partial charge in [-0.1, -0.05) is 18.2 Å². The molecule has 0 bridgehead atoms. The average molecular weight is 424 g/mol. The number of benzene rings is 2. The molecule has 160 valence electrons. The van der Waals surface area contributed by atoms with Crippen molar-refractivity contribution in [2.75, 3.05) is 38.7 Å². The Morgan fingerprint density at radius 1 is 0.875 bits per heavy atom. The molecule has 0 amide bonds. The molecule has 32 heavy (non-hydrogen) atoms. The van der Waals surface area contributed by atoms with Gasteiger partial charge < -0.3 is 15.3 Å². The topological polar surface area (TPSA) is 64.5 Å². The van der Waals surface area contributed by atoms with Crippen LogP contribution < -0.4 is 5.43 Å². The Morgan fingerprint density at radius 2 is 1.69 bits per heavy atom. The first-order valence-electron chi connectivity index (χ1n) is 11.0. The van der Waals surface area contributed by atoms with Gasteiger partial charge >= 0.3 is 0 Å². The van der Waals surface area contributed by atoms with E-state index in [0.29, 0.717) is 0 Å². The number of H-pyrrole nitrogens is 1. The van der Waals surface area contributed by atoms with Crippen molar-refractivity contribution >= 4 is 22.2 Å². The fourth-order valence-corrected chi connectivity index (χ4v) is 4.25. The Kier molecular flexibility index (Phi) is 4.63. The molecule has 4 heterocycles. The molecule has 0 unspecified atom stereocenters. The normalized spacial score (nSPS) is 15.5. The number of hydrazine groups is 1. The first-order valence-corrected chi connectivity index (χ1v) is 11.0. The quantitative estimate of drug-likeness (QED) is 0.455. The van der Waals surface area contributed by atoms with Crippen molar-refractivity contribution in [3.63, 3.8) is 0 Å². The highest BCUT2D eigenvalue weighted by Gasteiger charge is 2.14. The van der Waals surface area contributed by atoms with Crippen LogP contribution in [0.25, 0.3) is 39.1 Å². The van der Waals surface area contributed by atoms with E-state index in [1.54, 1.807) is 0 Å². The maximum absolute atomic E-state index is 4.91. The van der Waals surface area contributed by atoms with Gasteiger partial charge in [-0.15, -0.1) is 0 Å². The largest absolute Gasteiger partial charge is 0.361 e. The van der Waals surface area contributed by atoms with Gasteiger partial charge in [0, 0.05) is 60.1 Å². The molecule has 2 aromatic carbocycles. The number of nitrogens with one attached hydrogen (secondary N) is 2. The fraction of sp³-hybridized carbons (Fsp3) is 0.200. The molecule has 1 fully saturated rings. The molecule has 1 aliphatic rings. The van der Waals surface area contributed by atoms with Crippen LogP contribution in [-0.4, -0.2) is 62.7 Å². The van der Waals surface area contributed by atoms with Gasteiger partial charge in [0.1, 0.15) is 0 Å². The van der Waals surface area contributed by atoms with Crippen molar-refractivity contribution in [3.05, 3.63) is 73.1 Å². The van der Waals surface area contributed by atoms with Crippen LogP contribution in [0.1, 0.15) is 0 Å². The van der Waals surface area contributed by atoms with Gasteiger partial charge in [0.15, 0.2) is 5.65 Å². The highest BCUT2D eigenvalue weighted by molar-refractivity contribution is 5.84. The number of imidazole rings is 1. The Balaban J connectivity index is 1.28. The predicted molar refractivity (Wildman–Crippen MR) is 128 cm³/mol. The fourth-order valence-electron chi connectivity index (χ4n) is 4.25. The summed E-state index contributed by atoms with van der Waals surface area (Å²) in [4.78, 5) is 10.2. The highest BCUT2D eigenvalue weighted by Crippen LogP contribution is 2.26. The van der Waals surface area contributed by atoms with Crippen molar-refractivity contribution in [2.24, 2.45) is 0 Å². The molecule has 0 radical (unpaired) electrons. The van der Waals surface area contributed by atoms with E-state index in [-0.39, 0.29) is 0 Å². The number of anilines is 1. The van der Waals surface area contributed by atoms with Crippen molar-refractivity contribution in [1.82, 2.24) is 29.5 Å². The van der Waals surface area contributed by atoms with E-state index >= 15 is 0 Å². The van der Waals surface area contributed by atoms with Gasteiger partial charge in [-0.3, -0.25) is 0 Å². The molecule has 5 aromatic rings. The summed E-state index contributed by atoms with van der Waals surface area (Å²) in [7, 11) is 2.17. The minimum atomic E-state index is 0.839. The van der Waals surface area contributed by atoms with E-state index in [2.05, 4.69) is 80.9 Å². The lowest BCUT2D eigenvalue weighted by molar-refractivity contribution is 0.179. The van der Waals surface area contributed by atoms with Crippen LogP contribution in [0.3, 0.4) is 0 Å². The summed E-state index contributed by atoms with van der Waals surface area (Å²) in [6.45, 7) is 4.21. The molecule has 0 saturated carbocycles. The minimum Gasteiger partial charge on any atom is -0.361 e. The van der Waals surface area contributed by atoms with E-state index in [1.165, 1.54) is 5.39 Å². The zero-order chi connectivity index (χ0) is 21.5. The van der Waals surface area contributed by atoms with Crippen molar-refractivity contribution in [2.45, 2.75) is 0 Å². The lowest BCUT2D eigenvalue weighted by Crippen LogP contribution is -2.46. The summed E-state index contributed by atoms with van der Waals surface area (Å²) < 4.78 is 1.93. The third-order valence-corrected chi connectivity index (χ3v) is 6.18. The molecule has 7 heteroatoms. The number of aromatic amines is 1. The average Bonchev–Trinajstić information content (AvgIpc) is 3.47. The Morgan fingerprint density at radius 3 is 2.53 bits per heavy atom. The molecule has 1 saturated heterocycles. The summed E-state index contributed by atoms with van der Waals surface area (Å²) in [6.07, 6.45) is 3.85. The second-order valence-corrected chi connectivity index (χ2v) is 8.39. The smallest absolute Gasteiger partial charge is 0.154 e. The van der Waals surface area contributed by atoms with Crippen LogP contribution in [0.2, 0.25) is 0 Å². The molecular weight excluding hydrogens is 398 g/mol. The molecule has 6 rings (SSSR count). The van der Waals surface area contributed by atoms with Crippen molar-refractivity contribution in [3.8, 4) is 22.5 Å². The summed E-state index contributed by atoms with van der Waals surface area (Å²) in [5.41, 5.74) is 10.7. The van der Waals surface area contributed by atoms with Gasteiger partial charge in [-0.05, 0) is 49.5 Å². The van der Waals surface area contributed by atoms with E-state index in [9.17, 15) is 0 Å². The molecule has 7 nitrogen and oxygen atoms in total. The van der Waals surface area contributed by atoms with Gasteiger partial charge in [-0.25, -0.2) is 14.5 Å². The molecule has 0 atom stereocenters. The number of nitrogens with zero attached hydrogens (tertiary/aromatic N) is 5. The number of fused-ring (bicyclic) bond motifs is 2. The maximum atomic E-state index is 4.91. The summed E-state index contributed by atoms with van der Waals surface area (Å²) >= 11 is 0. The minimum absolute atomic E-state index is 0.839. The van der Waals surface area contributed by atoms with Crippen molar-refractivity contribution in [1.29, 1.82) is 0 Å². The summed E-state index contributed by atoms with van der Waals surface area (Å²) in [5.74, 6) is 0. The Labute approximate surface area is 186 Å². The lowest BCUT2D eigenvalue weighted by Gasteiger charge is -2.33. The van der Waals surface area contributed by atoms with Crippen LogP contribution in [-0.2, 0) is 0 Å². The zero-order valence-corrected chi connectivity index (χ0v) is 18.0. The van der Waals surface area contributed by atoms with E-state index in [1.807, 2.05) is 29.0 Å². The standard InChI is InChI=1S/C25H25N7/c1-30-12-14-31(15-13-30)28-21-5-2-18(3-6-21)23-8-9-25-27-17-24(32(25)29-23)20-4-7-22-19(16-20)10-11-26-22/h2-11,16-17,26,28H,12-15H2,1H3. The van der Waals surface area contributed by atoms with Crippen LogP contribution in [0.15, 0.2) is 73.1 Å². The van der Waals surface area contributed by atoms with Gasteiger partial charge in [0.25, 0.3) is 0 Å². The van der Waals surface area contributed by atoms with Crippen LogP contribution in [0, 0.1) is 0 Å². The number of likely N-dealkylation sites (N-methyl/N-ethyl adjacent to an activating group) is 1. The first kappa shape index (κ1) is 19.0. The first-order chi connectivity index (χ1) is 15.7.